The lowest BCUT2D eigenvalue weighted by molar-refractivity contribution is 0.116. The number of piperazine rings is 1. The fourth-order valence-electron chi connectivity index (χ4n) is 3.55. The minimum atomic E-state index is 0.141. The van der Waals surface area contributed by atoms with E-state index in [0.717, 1.165) is 38.4 Å². The topological polar surface area (TPSA) is 44.6 Å². The van der Waals surface area contributed by atoms with Gasteiger partial charge in [0.05, 0.1) is 12.2 Å². The van der Waals surface area contributed by atoms with E-state index in [0.29, 0.717) is 0 Å². The Labute approximate surface area is 135 Å². The molecule has 1 aromatic heterocycles. The molecule has 0 bridgehead atoms. The molecule has 2 amide bonds. The standard InChI is InChI=1S/C17H21N5O/c1-19-10-14(9-18-19)11-20-7-8-21-16(12-20)13-22(17(21)23)15-5-3-2-4-6-15/h2-6,9-10,16H,7-8,11-13H2,1H3. The van der Waals surface area contributed by atoms with Crippen LogP contribution in [0.15, 0.2) is 42.7 Å². The number of urea groups is 1. The third-order valence-electron chi connectivity index (χ3n) is 4.67. The van der Waals surface area contributed by atoms with Gasteiger partial charge in [-0.25, -0.2) is 4.79 Å². The normalized spacial score (nSPS) is 21.8. The van der Waals surface area contributed by atoms with E-state index >= 15 is 0 Å². The molecule has 1 atom stereocenters. The van der Waals surface area contributed by atoms with Crippen molar-refractivity contribution < 1.29 is 4.79 Å². The third-order valence-corrected chi connectivity index (χ3v) is 4.67. The summed E-state index contributed by atoms with van der Waals surface area (Å²) in [5, 5.41) is 4.23. The molecule has 0 saturated carbocycles. The van der Waals surface area contributed by atoms with Crippen molar-refractivity contribution in [3.8, 4) is 0 Å². The zero-order valence-electron chi connectivity index (χ0n) is 13.3. The minimum Gasteiger partial charge on any atom is -0.317 e. The number of carbonyl (C=O) groups is 1. The summed E-state index contributed by atoms with van der Waals surface area (Å²) in [4.78, 5) is 19.0. The average molecular weight is 311 g/mol. The Hall–Kier alpha value is -2.34. The summed E-state index contributed by atoms with van der Waals surface area (Å²) in [6, 6.07) is 10.4. The zero-order chi connectivity index (χ0) is 15.8. The van der Waals surface area contributed by atoms with Crippen LogP contribution in [0, 0.1) is 0 Å². The number of amides is 2. The SMILES string of the molecule is Cn1cc(CN2CCN3C(=O)N(c4ccccc4)CC3C2)cn1. The Kier molecular flexibility index (Phi) is 3.53. The van der Waals surface area contributed by atoms with Gasteiger partial charge in [-0.1, -0.05) is 18.2 Å². The first-order valence-electron chi connectivity index (χ1n) is 8.04. The maximum atomic E-state index is 12.6. The summed E-state index contributed by atoms with van der Waals surface area (Å²) in [6.45, 7) is 4.31. The predicted octanol–water partition coefficient (Wildman–Crippen LogP) is 1.55. The van der Waals surface area contributed by atoms with Crippen molar-refractivity contribution in [2.75, 3.05) is 31.1 Å². The molecule has 120 valence electrons. The average Bonchev–Trinajstić information content (AvgIpc) is 3.12. The number of benzene rings is 1. The summed E-state index contributed by atoms with van der Waals surface area (Å²) in [5.74, 6) is 0. The van der Waals surface area contributed by atoms with Gasteiger partial charge in [-0.05, 0) is 12.1 Å². The number of hydrogen-bond acceptors (Lipinski definition) is 3. The van der Waals surface area contributed by atoms with Crippen molar-refractivity contribution in [3.63, 3.8) is 0 Å². The van der Waals surface area contributed by atoms with Gasteiger partial charge < -0.3 is 4.90 Å². The molecule has 6 heteroatoms. The smallest absolute Gasteiger partial charge is 0.317 e. The first-order chi connectivity index (χ1) is 11.2. The summed E-state index contributed by atoms with van der Waals surface area (Å²) in [5.41, 5.74) is 2.22. The van der Waals surface area contributed by atoms with E-state index < -0.39 is 0 Å². The van der Waals surface area contributed by atoms with Gasteiger partial charge in [0.1, 0.15) is 0 Å². The van der Waals surface area contributed by atoms with Crippen molar-refractivity contribution in [2.45, 2.75) is 12.6 Å². The number of rotatable bonds is 3. The Morgan fingerprint density at radius 1 is 1.17 bits per heavy atom. The van der Waals surface area contributed by atoms with Gasteiger partial charge in [-0.3, -0.25) is 14.5 Å². The largest absolute Gasteiger partial charge is 0.324 e. The molecule has 2 aromatic rings. The highest BCUT2D eigenvalue weighted by atomic mass is 16.2. The molecular formula is C17H21N5O. The highest BCUT2D eigenvalue weighted by Gasteiger charge is 2.41. The summed E-state index contributed by atoms with van der Waals surface area (Å²) >= 11 is 0. The third kappa shape index (κ3) is 2.70. The van der Waals surface area contributed by atoms with Gasteiger partial charge in [-0.2, -0.15) is 5.10 Å². The minimum absolute atomic E-state index is 0.141. The Bertz CT molecular complexity index is 698. The lowest BCUT2D eigenvalue weighted by Crippen LogP contribution is -2.51. The van der Waals surface area contributed by atoms with E-state index in [-0.39, 0.29) is 12.1 Å². The number of hydrogen-bond donors (Lipinski definition) is 0. The molecule has 4 rings (SSSR count). The highest BCUT2D eigenvalue weighted by Crippen LogP contribution is 2.26. The molecule has 23 heavy (non-hydrogen) atoms. The number of nitrogens with zero attached hydrogens (tertiary/aromatic N) is 5. The van der Waals surface area contributed by atoms with Crippen LogP contribution in [0.5, 0.6) is 0 Å². The molecule has 2 fully saturated rings. The van der Waals surface area contributed by atoms with Gasteiger partial charge in [-0.15, -0.1) is 0 Å². The zero-order valence-corrected chi connectivity index (χ0v) is 13.3. The molecule has 2 saturated heterocycles. The Morgan fingerprint density at radius 3 is 2.74 bits per heavy atom. The molecule has 0 radical (unpaired) electrons. The van der Waals surface area contributed by atoms with Gasteiger partial charge in [0, 0.05) is 57.2 Å². The van der Waals surface area contributed by atoms with Crippen molar-refractivity contribution in [1.82, 2.24) is 19.6 Å². The lowest BCUT2D eigenvalue weighted by Gasteiger charge is -2.36. The maximum absolute atomic E-state index is 12.6. The van der Waals surface area contributed by atoms with Gasteiger partial charge >= 0.3 is 6.03 Å². The number of aromatic nitrogens is 2. The van der Waals surface area contributed by atoms with E-state index in [1.807, 2.05) is 58.1 Å². The molecule has 6 nitrogen and oxygen atoms in total. The van der Waals surface area contributed by atoms with E-state index in [2.05, 4.69) is 16.2 Å². The van der Waals surface area contributed by atoms with Gasteiger partial charge in [0.2, 0.25) is 0 Å². The summed E-state index contributed by atoms with van der Waals surface area (Å²) < 4.78 is 1.84. The molecule has 0 spiro atoms. The van der Waals surface area contributed by atoms with Crippen LogP contribution in [0.3, 0.4) is 0 Å². The first kappa shape index (κ1) is 14.3. The molecular weight excluding hydrogens is 290 g/mol. The van der Waals surface area contributed by atoms with Crippen LogP contribution in [0.4, 0.5) is 10.5 Å². The van der Waals surface area contributed by atoms with Crippen LogP contribution >= 0.6 is 0 Å². The number of para-hydroxylation sites is 1. The molecule has 1 aromatic carbocycles. The Morgan fingerprint density at radius 2 is 2.00 bits per heavy atom. The van der Waals surface area contributed by atoms with Crippen LogP contribution in [-0.4, -0.2) is 57.8 Å². The summed E-state index contributed by atoms with van der Waals surface area (Å²) in [7, 11) is 1.94. The van der Waals surface area contributed by atoms with Crippen LogP contribution < -0.4 is 4.90 Å². The summed E-state index contributed by atoms with van der Waals surface area (Å²) in [6.07, 6.45) is 3.98. The van der Waals surface area contributed by atoms with E-state index in [9.17, 15) is 4.79 Å². The molecule has 1 unspecified atom stereocenters. The van der Waals surface area contributed by atoms with E-state index in [1.54, 1.807) is 0 Å². The van der Waals surface area contributed by atoms with E-state index in [4.69, 9.17) is 0 Å². The van der Waals surface area contributed by atoms with Gasteiger partial charge in [0.25, 0.3) is 0 Å². The van der Waals surface area contributed by atoms with Crippen molar-refractivity contribution in [2.24, 2.45) is 7.05 Å². The number of aryl methyl sites for hydroxylation is 1. The predicted molar refractivity (Wildman–Crippen MR) is 88.2 cm³/mol. The van der Waals surface area contributed by atoms with Crippen molar-refractivity contribution >= 4 is 11.7 Å². The molecule has 0 aliphatic carbocycles. The first-order valence-corrected chi connectivity index (χ1v) is 8.04. The second-order valence-electron chi connectivity index (χ2n) is 6.33. The van der Waals surface area contributed by atoms with Crippen molar-refractivity contribution in [3.05, 3.63) is 48.3 Å². The van der Waals surface area contributed by atoms with Crippen LogP contribution in [0.2, 0.25) is 0 Å². The quantitative estimate of drug-likeness (QED) is 0.864. The van der Waals surface area contributed by atoms with Crippen LogP contribution in [0.25, 0.3) is 0 Å². The molecule has 2 aliphatic heterocycles. The maximum Gasteiger partial charge on any atom is 0.324 e. The van der Waals surface area contributed by atoms with Crippen molar-refractivity contribution in [1.29, 1.82) is 0 Å². The molecule has 2 aliphatic rings. The lowest BCUT2D eigenvalue weighted by atomic mass is 10.2. The molecule has 3 heterocycles. The highest BCUT2D eigenvalue weighted by molar-refractivity contribution is 5.94. The number of anilines is 1. The number of carbonyl (C=O) groups excluding carboxylic acids is 1. The van der Waals surface area contributed by atoms with Crippen LogP contribution in [0.1, 0.15) is 5.56 Å². The van der Waals surface area contributed by atoms with Gasteiger partial charge in [0.15, 0.2) is 0 Å². The van der Waals surface area contributed by atoms with E-state index in [1.165, 1.54) is 5.56 Å². The fraction of sp³-hybridized carbons (Fsp3) is 0.412. The second kappa shape index (κ2) is 5.70. The van der Waals surface area contributed by atoms with Crippen LogP contribution in [-0.2, 0) is 13.6 Å². The monoisotopic (exact) mass is 311 g/mol. The fourth-order valence-corrected chi connectivity index (χ4v) is 3.55. The molecule has 0 N–H and O–H groups in total. The number of fused-ring (bicyclic) bond motifs is 1. The second-order valence-corrected chi connectivity index (χ2v) is 6.33. The Balaban J connectivity index is 1.45.